The fraction of sp³-hybridized carbons (Fsp3) is 0.412. The number of hydrogen-bond acceptors (Lipinski definition) is 5. The van der Waals surface area contributed by atoms with Gasteiger partial charge in [-0.25, -0.2) is 4.79 Å². The molecule has 1 aromatic heterocycles. The lowest BCUT2D eigenvalue weighted by Gasteiger charge is -2.23. The summed E-state index contributed by atoms with van der Waals surface area (Å²) in [6.07, 6.45) is -1.98. The topological polar surface area (TPSA) is 105 Å². The Hall–Kier alpha value is -2.22. The van der Waals surface area contributed by atoms with E-state index >= 15 is 0 Å². The van der Waals surface area contributed by atoms with Crippen molar-refractivity contribution in [3.05, 3.63) is 68.0 Å². The third kappa shape index (κ3) is 2.93. The quantitative estimate of drug-likeness (QED) is 0.761. The molecule has 2 heterocycles. The van der Waals surface area contributed by atoms with Gasteiger partial charge in [-0.1, -0.05) is 24.3 Å². The van der Waals surface area contributed by atoms with Crippen LogP contribution in [0.5, 0.6) is 0 Å². The molecule has 0 radical (unpaired) electrons. The van der Waals surface area contributed by atoms with Crippen molar-refractivity contribution in [2.75, 3.05) is 0 Å². The number of hydrogen-bond donors (Lipinski definition) is 3. The number of aromatic nitrogens is 2. The standard InChI is InChI=1S/C17H20N2O5/c1-9-5-3-4-6-11(9)14(21)15-12(20)7-13(24-15)19-8-10(2)16(22)18-17(19)23/h3-6,8,12-15,20-21H,7H2,1-2H3,(H,18,22,23)/t12-,13+,14?,15-/m0/s1. The van der Waals surface area contributed by atoms with Crippen molar-refractivity contribution in [2.24, 2.45) is 0 Å². The van der Waals surface area contributed by atoms with Crippen LogP contribution in [0.4, 0.5) is 0 Å². The molecule has 0 saturated carbocycles. The number of aliphatic hydroxyl groups excluding tert-OH is 2. The van der Waals surface area contributed by atoms with Crippen LogP contribution in [0.25, 0.3) is 0 Å². The molecule has 2 aromatic rings. The first-order valence-electron chi connectivity index (χ1n) is 7.77. The minimum absolute atomic E-state index is 0.152. The van der Waals surface area contributed by atoms with E-state index in [2.05, 4.69) is 4.98 Å². The summed E-state index contributed by atoms with van der Waals surface area (Å²) in [5.74, 6) is 0. The Bertz CT molecular complexity index is 857. The van der Waals surface area contributed by atoms with Gasteiger partial charge in [-0.2, -0.15) is 0 Å². The van der Waals surface area contributed by atoms with Crippen molar-refractivity contribution in [3.63, 3.8) is 0 Å². The van der Waals surface area contributed by atoms with Gasteiger partial charge in [-0.3, -0.25) is 14.3 Å². The second-order valence-electron chi connectivity index (χ2n) is 6.14. The number of ether oxygens (including phenoxy) is 1. The molecule has 1 fully saturated rings. The van der Waals surface area contributed by atoms with E-state index in [0.29, 0.717) is 11.1 Å². The number of benzene rings is 1. The van der Waals surface area contributed by atoms with Gasteiger partial charge < -0.3 is 14.9 Å². The zero-order valence-corrected chi connectivity index (χ0v) is 13.5. The highest BCUT2D eigenvalue weighted by atomic mass is 16.5. The van der Waals surface area contributed by atoms with Crippen molar-refractivity contribution in [2.45, 2.75) is 44.8 Å². The SMILES string of the molecule is Cc1ccccc1C(O)[C@H]1O[C@@H](n2cc(C)c(=O)[nH]c2=O)C[C@@H]1O. The van der Waals surface area contributed by atoms with E-state index in [1.165, 1.54) is 10.8 Å². The van der Waals surface area contributed by atoms with Gasteiger partial charge in [0.2, 0.25) is 0 Å². The highest BCUT2D eigenvalue weighted by Gasteiger charge is 2.40. The number of aromatic amines is 1. The van der Waals surface area contributed by atoms with Crippen LogP contribution < -0.4 is 11.2 Å². The fourth-order valence-corrected chi connectivity index (χ4v) is 3.03. The number of nitrogens with zero attached hydrogens (tertiary/aromatic N) is 1. The zero-order valence-electron chi connectivity index (χ0n) is 13.5. The van der Waals surface area contributed by atoms with Gasteiger partial charge in [0.05, 0.1) is 6.10 Å². The van der Waals surface area contributed by atoms with Gasteiger partial charge in [0, 0.05) is 18.2 Å². The average Bonchev–Trinajstić information content (AvgIpc) is 2.92. The molecule has 1 saturated heterocycles. The Morgan fingerprint density at radius 2 is 1.96 bits per heavy atom. The lowest BCUT2D eigenvalue weighted by Crippen LogP contribution is -2.33. The van der Waals surface area contributed by atoms with Crippen LogP contribution >= 0.6 is 0 Å². The van der Waals surface area contributed by atoms with Gasteiger partial charge in [-0.15, -0.1) is 0 Å². The number of H-pyrrole nitrogens is 1. The van der Waals surface area contributed by atoms with Crippen LogP contribution in [0.1, 0.15) is 35.4 Å². The van der Waals surface area contributed by atoms with Gasteiger partial charge in [0.15, 0.2) is 0 Å². The summed E-state index contributed by atoms with van der Waals surface area (Å²) in [4.78, 5) is 25.6. The van der Waals surface area contributed by atoms with Crippen molar-refractivity contribution < 1.29 is 14.9 Å². The molecule has 3 N–H and O–H groups in total. The Kier molecular flexibility index (Phi) is 4.40. The molecule has 24 heavy (non-hydrogen) atoms. The van der Waals surface area contributed by atoms with E-state index in [9.17, 15) is 19.8 Å². The molecular formula is C17H20N2O5. The first-order valence-corrected chi connectivity index (χ1v) is 7.77. The number of rotatable bonds is 3. The van der Waals surface area contributed by atoms with Crippen molar-refractivity contribution in [3.8, 4) is 0 Å². The normalized spacial score (nSPS) is 24.9. The highest BCUT2D eigenvalue weighted by molar-refractivity contribution is 5.28. The first kappa shape index (κ1) is 16.6. The Balaban J connectivity index is 1.88. The molecule has 0 spiro atoms. The third-order valence-corrected chi connectivity index (χ3v) is 4.41. The summed E-state index contributed by atoms with van der Waals surface area (Å²) in [6, 6.07) is 7.32. The zero-order chi connectivity index (χ0) is 17.4. The lowest BCUT2D eigenvalue weighted by molar-refractivity contribution is -0.0850. The van der Waals surface area contributed by atoms with Gasteiger partial charge in [0.1, 0.15) is 18.4 Å². The summed E-state index contributed by atoms with van der Waals surface area (Å²) >= 11 is 0. The van der Waals surface area contributed by atoms with Crippen LogP contribution in [-0.4, -0.2) is 32.0 Å². The van der Waals surface area contributed by atoms with Gasteiger partial charge in [-0.05, 0) is 25.0 Å². The maximum absolute atomic E-state index is 12.0. The predicted octanol–water partition coefficient (Wildman–Crippen LogP) is 0.535. The molecule has 1 aliphatic heterocycles. The molecule has 0 bridgehead atoms. The third-order valence-electron chi connectivity index (χ3n) is 4.41. The van der Waals surface area contributed by atoms with E-state index in [-0.39, 0.29) is 6.42 Å². The van der Waals surface area contributed by atoms with E-state index < -0.39 is 35.8 Å². The summed E-state index contributed by atoms with van der Waals surface area (Å²) in [7, 11) is 0. The van der Waals surface area contributed by atoms with Gasteiger partial charge >= 0.3 is 5.69 Å². The van der Waals surface area contributed by atoms with Crippen molar-refractivity contribution in [1.82, 2.24) is 9.55 Å². The molecule has 0 aliphatic carbocycles. The number of aryl methyl sites for hydroxylation is 2. The Labute approximate surface area is 138 Å². The van der Waals surface area contributed by atoms with Crippen LogP contribution in [0.2, 0.25) is 0 Å². The monoisotopic (exact) mass is 332 g/mol. The van der Waals surface area contributed by atoms with Crippen molar-refractivity contribution in [1.29, 1.82) is 0 Å². The smallest absolute Gasteiger partial charge is 0.330 e. The minimum atomic E-state index is -1.01. The molecule has 1 aromatic carbocycles. The molecule has 0 amide bonds. The maximum atomic E-state index is 12.0. The maximum Gasteiger partial charge on any atom is 0.330 e. The Morgan fingerprint density at radius 1 is 1.25 bits per heavy atom. The Morgan fingerprint density at radius 3 is 2.67 bits per heavy atom. The average molecular weight is 332 g/mol. The van der Waals surface area contributed by atoms with Crippen LogP contribution in [0.3, 0.4) is 0 Å². The summed E-state index contributed by atoms with van der Waals surface area (Å²) < 4.78 is 6.99. The van der Waals surface area contributed by atoms with Crippen LogP contribution in [-0.2, 0) is 4.74 Å². The minimum Gasteiger partial charge on any atom is -0.390 e. The molecule has 4 atom stereocenters. The molecule has 3 rings (SSSR count). The number of aliphatic hydroxyl groups is 2. The van der Waals surface area contributed by atoms with E-state index in [1.54, 1.807) is 19.1 Å². The molecule has 7 heteroatoms. The molecule has 1 unspecified atom stereocenters. The highest BCUT2D eigenvalue weighted by Crippen LogP contribution is 2.35. The van der Waals surface area contributed by atoms with Gasteiger partial charge in [0.25, 0.3) is 5.56 Å². The molecule has 128 valence electrons. The fourth-order valence-electron chi connectivity index (χ4n) is 3.03. The van der Waals surface area contributed by atoms with E-state index in [0.717, 1.165) is 5.56 Å². The second-order valence-corrected chi connectivity index (χ2v) is 6.14. The first-order chi connectivity index (χ1) is 11.4. The van der Waals surface area contributed by atoms with Crippen LogP contribution in [0.15, 0.2) is 40.1 Å². The lowest BCUT2D eigenvalue weighted by atomic mass is 9.97. The largest absolute Gasteiger partial charge is 0.390 e. The van der Waals surface area contributed by atoms with Crippen LogP contribution in [0, 0.1) is 13.8 Å². The predicted molar refractivity (Wildman–Crippen MR) is 86.7 cm³/mol. The van der Waals surface area contributed by atoms with Crippen molar-refractivity contribution >= 4 is 0 Å². The summed E-state index contributed by atoms with van der Waals surface area (Å²) in [5.41, 5.74) is 0.879. The summed E-state index contributed by atoms with van der Waals surface area (Å²) in [6.45, 7) is 3.45. The number of nitrogens with one attached hydrogen (secondary N) is 1. The molecular weight excluding hydrogens is 312 g/mol. The van der Waals surface area contributed by atoms with E-state index in [1.807, 2.05) is 19.1 Å². The summed E-state index contributed by atoms with van der Waals surface area (Å²) in [5, 5.41) is 20.9. The second kappa shape index (κ2) is 6.35. The molecule has 7 nitrogen and oxygen atoms in total. The van der Waals surface area contributed by atoms with E-state index in [4.69, 9.17) is 4.74 Å². The molecule has 1 aliphatic rings.